The quantitative estimate of drug-likeness (QED) is 0.613. The van der Waals surface area contributed by atoms with Crippen molar-refractivity contribution in [1.29, 1.82) is 0 Å². The SMILES string of the molecule is CCCCCCCOC(=O)C1CNc2ccccc2O1. The maximum Gasteiger partial charge on any atom is 0.349 e. The van der Waals surface area contributed by atoms with Crippen molar-refractivity contribution in [3.8, 4) is 5.75 Å². The zero-order valence-electron chi connectivity index (χ0n) is 12.1. The third kappa shape index (κ3) is 4.15. The molecule has 1 atom stereocenters. The Morgan fingerprint density at radius 3 is 2.95 bits per heavy atom. The molecule has 0 spiro atoms. The summed E-state index contributed by atoms with van der Waals surface area (Å²) in [5.41, 5.74) is 0.927. The monoisotopic (exact) mass is 277 g/mol. The minimum atomic E-state index is -0.541. The van der Waals surface area contributed by atoms with Gasteiger partial charge in [-0.1, -0.05) is 44.7 Å². The van der Waals surface area contributed by atoms with E-state index < -0.39 is 6.10 Å². The molecule has 0 saturated carbocycles. The number of fused-ring (bicyclic) bond motifs is 1. The van der Waals surface area contributed by atoms with E-state index in [-0.39, 0.29) is 5.97 Å². The first-order chi connectivity index (χ1) is 9.81. The second-order valence-electron chi connectivity index (χ2n) is 5.07. The molecular formula is C16H23NO3. The van der Waals surface area contributed by atoms with Crippen LogP contribution in [-0.2, 0) is 9.53 Å². The molecule has 1 unspecified atom stereocenters. The van der Waals surface area contributed by atoms with Crippen LogP contribution >= 0.6 is 0 Å². The first kappa shape index (κ1) is 14.7. The van der Waals surface area contributed by atoms with Crippen LogP contribution in [-0.4, -0.2) is 25.2 Å². The predicted octanol–water partition coefficient (Wildman–Crippen LogP) is 3.37. The maximum atomic E-state index is 11.9. The van der Waals surface area contributed by atoms with Crippen molar-refractivity contribution in [2.24, 2.45) is 0 Å². The van der Waals surface area contributed by atoms with Crippen molar-refractivity contribution < 1.29 is 14.3 Å². The summed E-state index contributed by atoms with van der Waals surface area (Å²) in [5, 5.41) is 3.19. The molecule has 2 rings (SSSR count). The molecule has 110 valence electrons. The molecule has 0 saturated heterocycles. The van der Waals surface area contributed by atoms with Gasteiger partial charge < -0.3 is 14.8 Å². The molecule has 1 aliphatic heterocycles. The van der Waals surface area contributed by atoms with Gasteiger partial charge in [-0.3, -0.25) is 0 Å². The molecule has 1 aromatic rings. The zero-order valence-corrected chi connectivity index (χ0v) is 12.1. The van der Waals surface area contributed by atoms with E-state index in [1.807, 2.05) is 24.3 Å². The number of hydrogen-bond donors (Lipinski definition) is 1. The van der Waals surface area contributed by atoms with Gasteiger partial charge in [-0.15, -0.1) is 0 Å². The number of carbonyl (C=O) groups excluding carboxylic acids is 1. The second kappa shape index (κ2) is 7.78. The molecule has 1 heterocycles. The second-order valence-corrected chi connectivity index (χ2v) is 5.07. The molecule has 0 fully saturated rings. The molecule has 0 amide bonds. The molecule has 4 heteroatoms. The molecule has 4 nitrogen and oxygen atoms in total. The average molecular weight is 277 g/mol. The fraction of sp³-hybridized carbons (Fsp3) is 0.562. The smallest absolute Gasteiger partial charge is 0.349 e. The topological polar surface area (TPSA) is 47.6 Å². The number of benzene rings is 1. The van der Waals surface area contributed by atoms with Crippen molar-refractivity contribution in [1.82, 2.24) is 0 Å². The van der Waals surface area contributed by atoms with E-state index in [0.717, 1.165) is 18.5 Å². The van der Waals surface area contributed by atoms with Gasteiger partial charge in [0.25, 0.3) is 0 Å². The van der Waals surface area contributed by atoms with Gasteiger partial charge in [-0.2, -0.15) is 0 Å². The zero-order chi connectivity index (χ0) is 14.2. The van der Waals surface area contributed by atoms with Gasteiger partial charge in [-0.25, -0.2) is 4.79 Å². The number of rotatable bonds is 7. The maximum absolute atomic E-state index is 11.9. The Labute approximate surface area is 120 Å². The highest BCUT2D eigenvalue weighted by molar-refractivity contribution is 5.77. The highest BCUT2D eigenvalue weighted by atomic mass is 16.6. The summed E-state index contributed by atoms with van der Waals surface area (Å²) in [6.45, 7) is 3.14. The van der Waals surface area contributed by atoms with E-state index in [0.29, 0.717) is 18.9 Å². The van der Waals surface area contributed by atoms with Crippen LogP contribution in [0.15, 0.2) is 24.3 Å². The van der Waals surface area contributed by atoms with Crippen LogP contribution in [0, 0.1) is 0 Å². The normalized spacial score (nSPS) is 16.8. The van der Waals surface area contributed by atoms with E-state index in [9.17, 15) is 4.79 Å². The van der Waals surface area contributed by atoms with Crippen LogP contribution in [0.1, 0.15) is 39.0 Å². The first-order valence-electron chi connectivity index (χ1n) is 7.47. The fourth-order valence-corrected chi connectivity index (χ4v) is 2.22. The van der Waals surface area contributed by atoms with E-state index in [2.05, 4.69) is 12.2 Å². The number of hydrogen-bond acceptors (Lipinski definition) is 4. The molecule has 0 aliphatic carbocycles. The van der Waals surface area contributed by atoms with Crippen LogP contribution in [0.25, 0.3) is 0 Å². The number of esters is 1. The number of unbranched alkanes of at least 4 members (excludes halogenated alkanes) is 4. The van der Waals surface area contributed by atoms with Gasteiger partial charge >= 0.3 is 5.97 Å². The number of carbonyl (C=O) groups is 1. The van der Waals surface area contributed by atoms with Gasteiger partial charge in [0, 0.05) is 0 Å². The summed E-state index contributed by atoms with van der Waals surface area (Å²) < 4.78 is 10.9. The standard InChI is InChI=1S/C16H23NO3/c1-2-3-4-5-8-11-19-16(18)15-12-17-13-9-6-7-10-14(13)20-15/h6-7,9-10,15,17H,2-5,8,11-12H2,1H3. The molecular weight excluding hydrogens is 254 g/mol. The van der Waals surface area contributed by atoms with Crippen molar-refractivity contribution in [3.63, 3.8) is 0 Å². The molecule has 0 bridgehead atoms. The molecule has 1 N–H and O–H groups in total. The summed E-state index contributed by atoms with van der Waals surface area (Å²) in [6.07, 6.45) is 5.20. The highest BCUT2D eigenvalue weighted by Crippen LogP contribution is 2.28. The molecule has 0 aromatic heterocycles. The Hall–Kier alpha value is -1.71. The average Bonchev–Trinajstić information content (AvgIpc) is 2.50. The Bertz CT molecular complexity index is 433. The number of ether oxygens (including phenoxy) is 2. The largest absolute Gasteiger partial charge is 0.475 e. The summed E-state index contributed by atoms with van der Waals surface area (Å²) in [5.74, 6) is 0.436. The minimum absolute atomic E-state index is 0.275. The first-order valence-corrected chi connectivity index (χ1v) is 7.47. The summed E-state index contributed by atoms with van der Waals surface area (Å²) in [6, 6.07) is 7.61. The molecule has 1 aliphatic rings. The van der Waals surface area contributed by atoms with Crippen molar-refractivity contribution in [2.45, 2.75) is 45.1 Å². The van der Waals surface area contributed by atoms with E-state index >= 15 is 0 Å². The number of anilines is 1. The third-order valence-corrected chi connectivity index (χ3v) is 3.39. The van der Waals surface area contributed by atoms with E-state index in [1.54, 1.807) is 0 Å². The fourth-order valence-electron chi connectivity index (χ4n) is 2.22. The van der Waals surface area contributed by atoms with Crippen molar-refractivity contribution in [2.75, 3.05) is 18.5 Å². The Kier molecular flexibility index (Phi) is 5.71. The Balaban J connectivity index is 1.69. The van der Waals surface area contributed by atoms with Gasteiger partial charge in [0.15, 0.2) is 0 Å². The van der Waals surface area contributed by atoms with Crippen LogP contribution < -0.4 is 10.1 Å². The summed E-state index contributed by atoms with van der Waals surface area (Å²) >= 11 is 0. The summed E-state index contributed by atoms with van der Waals surface area (Å²) in [4.78, 5) is 11.9. The molecule has 20 heavy (non-hydrogen) atoms. The van der Waals surface area contributed by atoms with Crippen LogP contribution in [0.5, 0.6) is 5.75 Å². The lowest BCUT2D eigenvalue weighted by Gasteiger charge is -2.25. The molecule has 1 aromatic carbocycles. The highest BCUT2D eigenvalue weighted by Gasteiger charge is 2.26. The number of para-hydroxylation sites is 2. The Morgan fingerprint density at radius 2 is 2.10 bits per heavy atom. The van der Waals surface area contributed by atoms with Crippen LogP contribution in [0.4, 0.5) is 5.69 Å². The van der Waals surface area contributed by atoms with Crippen LogP contribution in [0.2, 0.25) is 0 Å². The number of nitrogens with one attached hydrogen (secondary N) is 1. The molecule has 0 radical (unpaired) electrons. The van der Waals surface area contributed by atoms with E-state index in [4.69, 9.17) is 9.47 Å². The van der Waals surface area contributed by atoms with Crippen LogP contribution in [0.3, 0.4) is 0 Å². The minimum Gasteiger partial charge on any atom is -0.475 e. The third-order valence-electron chi connectivity index (χ3n) is 3.39. The lowest BCUT2D eigenvalue weighted by atomic mass is 10.2. The Morgan fingerprint density at radius 1 is 1.30 bits per heavy atom. The van der Waals surface area contributed by atoms with Crippen molar-refractivity contribution >= 4 is 11.7 Å². The van der Waals surface area contributed by atoms with Gasteiger partial charge in [0.1, 0.15) is 5.75 Å². The van der Waals surface area contributed by atoms with E-state index in [1.165, 1.54) is 19.3 Å². The summed E-state index contributed by atoms with van der Waals surface area (Å²) in [7, 11) is 0. The lowest BCUT2D eigenvalue weighted by molar-refractivity contribution is -0.151. The van der Waals surface area contributed by atoms with Gasteiger partial charge in [0.2, 0.25) is 6.10 Å². The lowest BCUT2D eigenvalue weighted by Crippen LogP contribution is -2.39. The van der Waals surface area contributed by atoms with Crippen molar-refractivity contribution in [3.05, 3.63) is 24.3 Å². The van der Waals surface area contributed by atoms with Gasteiger partial charge in [0.05, 0.1) is 18.8 Å². The predicted molar refractivity (Wildman–Crippen MR) is 79.1 cm³/mol. The van der Waals surface area contributed by atoms with Gasteiger partial charge in [-0.05, 0) is 18.6 Å².